The van der Waals surface area contributed by atoms with Crippen molar-refractivity contribution in [2.45, 2.75) is 0 Å². The van der Waals surface area contributed by atoms with Crippen LogP contribution in [0.4, 0.5) is 5.69 Å². The summed E-state index contributed by atoms with van der Waals surface area (Å²) < 4.78 is 0. The van der Waals surface area contributed by atoms with Crippen molar-refractivity contribution in [2.75, 3.05) is 0 Å². The van der Waals surface area contributed by atoms with Crippen LogP contribution >= 0.6 is 0 Å². The topological polar surface area (TPSA) is 93.3 Å². The molecule has 0 amide bonds. The van der Waals surface area contributed by atoms with Gasteiger partial charge in [0.2, 0.25) is 0 Å². The molecule has 0 aliphatic rings. The SMILES string of the molecule is O=C(/C=C/c1ccc(O)c([N+](=O)[O-])c1)c1cccnc1. The van der Waals surface area contributed by atoms with Crippen molar-refractivity contribution < 1.29 is 14.8 Å². The van der Waals surface area contributed by atoms with Crippen LogP contribution in [0.3, 0.4) is 0 Å². The van der Waals surface area contributed by atoms with Gasteiger partial charge in [-0.2, -0.15) is 0 Å². The number of aromatic nitrogens is 1. The van der Waals surface area contributed by atoms with Crippen LogP contribution in [0.5, 0.6) is 5.75 Å². The Labute approximate surface area is 114 Å². The number of pyridine rings is 1. The van der Waals surface area contributed by atoms with E-state index in [-0.39, 0.29) is 5.78 Å². The molecule has 6 heteroatoms. The lowest BCUT2D eigenvalue weighted by Gasteiger charge is -1.98. The normalized spacial score (nSPS) is 10.6. The van der Waals surface area contributed by atoms with Gasteiger partial charge in [-0.25, -0.2) is 0 Å². The van der Waals surface area contributed by atoms with Crippen LogP contribution in [0, 0.1) is 10.1 Å². The first-order chi connectivity index (χ1) is 9.58. The summed E-state index contributed by atoms with van der Waals surface area (Å²) in [7, 11) is 0. The average Bonchev–Trinajstić information content (AvgIpc) is 2.46. The highest BCUT2D eigenvalue weighted by Gasteiger charge is 2.12. The maximum absolute atomic E-state index is 11.8. The molecule has 0 aliphatic heterocycles. The minimum Gasteiger partial charge on any atom is -0.502 e. The Kier molecular flexibility index (Phi) is 3.85. The number of ketones is 1. The number of nitro groups is 1. The van der Waals surface area contributed by atoms with Gasteiger partial charge in [0, 0.05) is 24.0 Å². The number of nitrogens with zero attached hydrogens (tertiary/aromatic N) is 2. The van der Waals surface area contributed by atoms with Gasteiger partial charge in [0.15, 0.2) is 11.5 Å². The van der Waals surface area contributed by atoms with E-state index in [0.29, 0.717) is 11.1 Å². The zero-order valence-electron chi connectivity index (χ0n) is 10.3. The number of phenolic OH excluding ortho intramolecular Hbond substituents is 1. The van der Waals surface area contributed by atoms with E-state index >= 15 is 0 Å². The number of phenols is 1. The lowest BCUT2D eigenvalue weighted by atomic mass is 10.1. The Bertz CT molecular complexity index is 681. The molecule has 0 bridgehead atoms. The van der Waals surface area contributed by atoms with Gasteiger partial charge in [-0.05, 0) is 29.8 Å². The molecule has 0 saturated heterocycles. The second-order valence-corrected chi connectivity index (χ2v) is 3.94. The Balaban J connectivity index is 2.22. The fraction of sp³-hybridized carbons (Fsp3) is 0. The van der Waals surface area contributed by atoms with E-state index in [4.69, 9.17) is 0 Å². The predicted octanol–water partition coefficient (Wildman–Crippen LogP) is 2.59. The van der Waals surface area contributed by atoms with Gasteiger partial charge in [-0.15, -0.1) is 0 Å². The zero-order chi connectivity index (χ0) is 14.5. The number of benzene rings is 1. The molecule has 100 valence electrons. The molecule has 0 spiro atoms. The zero-order valence-corrected chi connectivity index (χ0v) is 10.3. The Morgan fingerprint density at radius 3 is 2.80 bits per heavy atom. The Morgan fingerprint density at radius 2 is 2.15 bits per heavy atom. The van der Waals surface area contributed by atoms with Gasteiger partial charge in [-0.1, -0.05) is 12.1 Å². The molecule has 0 saturated carbocycles. The van der Waals surface area contributed by atoms with Gasteiger partial charge < -0.3 is 5.11 Å². The summed E-state index contributed by atoms with van der Waals surface area (Å²) in [5, 5.41) is 20.0. The lowest BCUT2D eigenvalue weighted by molar-refractivity contribution is -0.385. The van der Waals surface area contributed by atoms with Crippen molar-refractivity contribution in [3.05, 3.63) is 70.0 Å². The minimum absolute atomic E-state index is 0.256. The first-order valence-electron chi connectivity index (χ1n) is 5.68. The first-order valence-corrected chi connectivity index (χ1v) is 5.68. The molecule has 1 aromatic heterocycles. The number of carbonyl (C=O) groups is 1. The number of hydrogen-bond acceptors (Lipinski definition) is 5. The fourth-order valence-electron chi connectivity index (χ4n) is 1.57. The minimum atomic E-state index is -0.685. The van der Waals surface area contributed by atoms with Crippen molar-refractivity contribution in [1.82, 2.24) is 4.98 Å². The molecule has 0 atom stereocenters. The number of hydrogen-bond donors (Lipinski definition) is 1. The van der Waals surface area contributed by atoms with Crippen LogP contribution < -0.4 is 0 Å². The van der Waals surface area contributed by atoms with E-state index in [2.05, 4.69) is 4.98 Å². The first kappa shape index (κ1) is 13.4. The van der Waals surface area contributed by atoms with Gasteiger partial charge in [-0.3, -0.25) is 19.9 Å². The molecule has 0 aliphatic carbocycles. The number of allylic oxidation sites excluding steroid dienone is 1. The molecule has 20 heavy (non-hydrogen) atoms. The monoisotopic (exact) mass is 270 g/mol. The van der Waals surface area contributed by atoms with Gasteiger partial charge in [0.05, 0.1) is 4.92 Å². The third-order valence-corrected chi connectivity index (χ3v) is 2.57. The highest BCUT2D eigenvalue weighted by Crippen LogP contribution is 2.26. The summed E-state index contributed by atoms with van der Waals surface area (Å²) in [6.07, 6.45) is 5.74. The van der Waals surface area contributed by atoms with Gasteiger partial charge >= 0.3 is 5.69 Å². The largest absolute Gasteiger partial charge is 0.502 e. The molecule has 0 radical (unpaired) electrons. The molecule has 1 N–H and O–H groups in total. The predicted molar refractivity (Wildman–Crippen MR) is 72.4 cm³/mol. The van der Waals surface area contributed by atoms with Crippen molar-refractivity contribution in [2.24, 2.45) is 0 Å². The van der Waals surface area contributed by atoms with Crippen LogP contribution in [0.15, 0.2) is 48.8 Å². The van der Waals surface area contributed by atoms with E-state index in [1.54, 1.807) is 18.3 Å². The summed E-state index contributed by atoms with van der Waals surface area (Å²) in [5.41, 5.74) is 0.477. The third kappa shape index (κ3) is 3.05. The number of carbonyl (C=O) groups excluding carboxylic acids is 1. The molecular weight excluding hydrogens is 260 g/mol. The van der Waals surface area contributed by atoms with Crippen LogP contribution in [0.1, 0.15) is 15.9 Å². The summed E-state index contributed by atoms with van der Waals surface area (Å²) >= 11 is 0. The number of rotatable bonds is 4. The van der Waals surface area contributed by atoms with E-state index in [0.717, 1.165) is 0 Å². The van der Waals surface area contributed by atoms with Crippen LogP contribution in [0.25, 0.3) is 6.08 Å². The smallest absolute Gasteiger partial charge is 0.311 e. The summed E-state index contributed by atoms with van der Waals surface area (Å²) in [5.74, 6) is -0.667. The molecule has 6 nitrogen and oxygen atoms in total. The molecule has 1 aromatic carbocycles. The van der Waals surface area contributed by atoms with Crippen LogP contribution in [-0.2, 0) is 0 Å². The maximum Gasteiger partial charge on any atom is 0.311 e. The molecule has 0 unspecified atom stereocenters. The summed E-state index contributed by atoms with van der Waals surface area (Å²) in [6, 6.07) is 7.16. The number of nitro benzene ring substituents is 1. The summed E-state index contributed by atoms with van der Waals surface area (Å²) in [6.45, 7) is 0. The standard InChI is InChI=1S/C14H10N2O4/c17-13(11-2-1-7-15-9-11)5-3-10-4-6-14(18)12(8-10)16(19)20/h1-9,18H/b5-3+. The molecule has 2 rings (SSSR count). The van der Waals surface area contributed by atoms with Gasteiger partial charge in [0.25, 0.3) is 0 Å². The molecular formula is C14H10N2O4. The van der Waals surface area contributed by atoms with Crippen molar-refractivity contribution in [1.29, 1.82) is 0 Å². The maximum atomic E-state index is 11.8. The Hall–Kier alpha value is -3.02. The van der Waals surface area contributed by atoms with E-state index in [1.807, 2.05) is 0 Å². The van der Waals surface area contributed by atoms with Gasteiger partial charge in [0.1, 0.15) is 0 Å². The number of aromatic hydroxyl groups is 1. The Morgan fingerprint density at radius 1 is 1.35 bits per heavy atom. The second kappa shape index (κ2) is 5.75. The highest BCUT2D eigenvalue weighted by atomic mass is 16.6. The van der Waals surface area contributed by atoms with Crippen LogP contribution in [0.2, 0.25) is 0 Å². The second-order valence-electron chi connectivity index (χ2n) is 3.94. The van der Waals surface area contributed by atoms with E-state index in [1.165, 1.54) is 36.5 Å². The van der Waals surface area contributed by atoms with Crippen molar-refractivity contribution in [3.63, 3.8) is 0 Å². The van der Waals surface area contributed by atoms with Crippen LogP contribution in [-0.4, -0.2) is 20.8 Å². The lowest BCUT2D eigenvalue weighted by Crippen LogP contribution is -1.94. The van der Waals surface area contributed by atoms with E-state index in [9.17, 15) is 20.0 Å². The highest BCUT2D eigenvalue weighted by molar-refractivity contribution is 6.06. The molecule has 0 fully saturated rings. The fourth-order valence-corrected chi connectivity index (χ4v) is 1.57. The van der Waals surface area contributed by atoms with Crippen molar-refractivity contribution >= 4 is 17.5 Å². The third-order valence-electron chi connectivity index (χ3n) is 2.57. The average molecular weight is 270 g/mol. The molecule has 2 aromatic rings. The molecule has 1 heterocycles. The summed E-state index contributed by atoms with van der Waals surface area (Å²) in [4.78, 5) is 25.6. The van der Waals surface area contributed by atoms with E-state index < -0.39 is 16.4 Å². The van der Waals surface area contributed by atoms with Crippen molar-refractivity contribution in [3.8, 4) is 5.75 Å². The quantitative estimate of drug-likeness (QED) is 0.399.